The smallest absolute Gasteiger partial charge is 0.240 e. The Morgan fingerprint density at radius 2 is 1.79 bits per heavy atom. The largest absolute Gasteiger partial charge is 0.369 e. The molecule has 0 spiro atoms. The van der Waals surface area contributed by atoms with Gasteiger partial charge in [-0.05, 0) is 42.8 Å². The maximum absolute atomic E-state index is 13.2. The van der Waals surface area contributed by atoms with E-state index in [1.54, 1.807) is 25.3 Å². The molecule has 28 heavy (non-hydrogen) atoms. The molecular weight excluding hydrogens is 383 g/mol. The molecule has 0 aliphatic carbocycles. The van der Waals surface area contributed by atoms with Crippen molar-refractivity contribution in [3.63, 3.8) is 0 Å². The standard InChI is InChI=1S/C18H19FN6O2S/c1-13-10-14(19)5-6-15(13)28(26,27)24-9-8-21-17-11-18(23-12-22-17)25-16-4-2-3-7-20-16/h2-7,10-12,24H,8-9H2,1H3,(H2,20,21,22,23,25). The van der Waals surface area contributed by atoms with E-state index in [1.807, 2.05) is 12.1 Å². The van der Waals surface area contributed by atoms with Crippen LogP contribution in [0.2, 0.25) is 0 Å². The lowest BCUT2D eigenvalue weighted by Crippen LogP contribution is -2.29. The van der Waals surface area contributed by atoms with Gasteiger partial charge in [0.2, 0.25) is 10.0 Å². The molecule has 8 nitrogen and oxygen atoms in total. The second-order valence-corrected chi connectivity index (χ2v) is 7.60. The molecule has 3 aromatic rings. The van der Waals surface area contributed by atoms with E-state index in [0.717, 1.165) is 6.07 Å². The first-order valence-corrected chi connectivity index (χ1v) is 9.92. The molecule has 0 atom stereocenters. The minimum absolute atomic E-state index is 0.0535. The fraction of sp³-hybridized carbons (Fsp3) is 0.167. The number of rotatable bonds is 8. The zero-order valence-electron chi connectivity index (χ0n) is 15.1. The van der Waals surface area contributed by atoms with Crippen LogP contribution in [0.1, 0.15) is 5.56 Å². The van der Waals surface area contributed by atoms with Crippen LogP contribution in [0.3, 0.4) is 0 Å². The van der Waals surface area contributed by atoms with Crippen LogP contribution in [0.25, 0.3) is 0 Å². The van der Waals surface area contributed by atoms with Gasteiger partial charge in [-0.2, -0.15) is 0 Å². The average molecular weight is 402 g/mol. The van der Waals surface area contributed by atoms with Gasteiger partial charge in [-0.25, -0.2) is 32.5 Å². The van der Waals surface area contributed by atoms with E-state index in [4.69, 9.17) is 0 Å². The van der Waals surface area contributed by atoms with Gasteiger partial charge in [0.1, 0.15) is 29.6 Å². The molecule has 0 bridgehead atoms. The first-order chi connectivity index (χ1) is 13.4. The van der Waals surface area contributed by atoms with E-state index < -0.39 is 15.8 Å². The molecule has 0 radical (unpaired) electrons. The van der Waals surface area contributed by atoms with Crippen molar-refractivity contribution in [1.82, 2.24) is 19.7 Å². The van der Waals surface area contributed by atoms with Gasteiger partial charge in [-0.3, -0.25) is 0 Å². The summed E-state index contributed by atoms with van der Waals surface area (Å²) in [6, 6.07) is 10.7. The molecule has 0 aliphatic heterocycles. The van der Waals surface area contributed by atoms with Gasteiger partial charge in [0.25, 0.3) is 0 Å². The van der Waals surface area contributed by atoms with Crippen LogP contribution < -0.4 is 15.4 Å². The Bertz CT molecular complexity index is 1050. The first-order valence-electron chi connectivity index (χ1n) is 8.44. The molecule has 3 rings (SSSR count). The number of anilines is 3. The number of benzene rings is 1. The number of nitrogens with zero attached hydrogens (tertiary/aromatic N) is 3. The molecule has 0 fully saturated rings. The highest BCUT2D eigenvalue weighted by atomic mass is 32.2. The molecule has 3 N–H and O–H groups in total. The van der Waals surface area contributed by atoms with Gasteiger partial charge >= 0.3 is 0 Å². The number of hydrogen-bond acceptors (Lipinski definition) is 7. The van der Waals surface area contributed by atoms with Crippen molar-refractivity contribution in [2.24, 2.45) is 0 Å². The van der Waals surface area contributed by atoms with Crippen molar-refractivity contribution >= 4 is 27.5 Å². The molecule has 0 unspecified atom stereocenters. The third-order valence-electron chi connectivity index (χ3n) is 3.74. The van der Waals surface area contributed by atoms with Crippen molar-refractivity contribution in [1.29, 1.82) is 0 Å². The normalized spacial score (nSPS) is 11.2. The van der Waals surface area contributed by atoms with Crippen LogP contribution in [-0.2, 0) is 10.0 Å². The molecule has 0 saturated heterocycles. The Hall–Kier alpha value is -3.11. The molecule has 0 aliphatic rings. The summed E-state index contributed by atoms with van der Waals surface area (Å²) in [5, 5.41) is 6.07. The van der Waals surface area contributed by atoms with E-state index in [-0.39, 0.29) is 11.4 Å². The van der Waals surface area contributed by atoms with E-state index in [1.165, 1.54) is 18.5 Å². The van der Waals surface area contributed by atoms with Gasteiger partial charge in [0.15, 0.2) is 0 Å². The van der Waals surface area contributed by atoms with Crippen molar-refractivity contribution in [3.05, 3.63) is 66.4 Å². The summed E-state index contributed by atoms with van der Waals surface area (Å²) < 4.78 is 40.3. The fourth-order valence-electron chi connectivity index (χ4n) is 2.46. The number of halogens is 1. The Morgan fingerprint density at radius 1 is 0.964 bits per heavy atom. The van der Waals surface area contributed by atoms with Crippen LogP contribution in [-0.4, -0.2) is 36.5 Å². The van der Waals surface area contributed by atoms with Crippen LogP contribution in [0.15, 0.2) is 59.9 Å². The number of aromatic nitrogens is 3. The Labute approximate surface area is 162 Å². The second kappa shape index (κ2) is 8.72. The minimum Gasteiger partial charge on any atom is -0.369 e. The Balaban J connectivity index is 1.54. The molecule has 1 aromatic carbocycles. The number of sulfonamides is 1. The maximum Gasteiger partial charge on any atom is 0.240 e. The first kappa shape index (κ1) is 19.6. The molecule has 146 valence electrons. The predicted molar refractivity (Wildman–Crippen MR) is 104 cm³/mol. The summed E-state index contributed by atoms with van der Waals surface area (Å²) in [5.74, 6) is 1.26. The Kier molecular flexibility index (Phi) is 6.12. The monoisotopic (exact) mass is 402 g/mol. The number of pyridine rings is 1. The molecule has 10 heteroatoms. The SMILES string of the molecule is Cc1cc(F)ccc1S(=O)(=O)NCCNc1cc(Nc2ccccn2)ncn1. The van der Waals surface area contributed by atoms with Crippen LogP contribution in [0.5, 0.6) is 0 Å². The fourth-order valence-corrected chi connectivity index (χ4v) is 3.71. The lowest BCUT2D eigenvalue weighted by Gasteiger charge is -2.11. The lowest BCUT2D eigenvalue weighted by atomic mass is 10.2. The number of hydrogen-bond donors (Lipinski definition) is 3. The van der Waals surface area contributed by atoms with Gasteiger partial charge in [-0.1, -0.05) is 6.07 Å². The number of aryl methyl sites for hydroxylation is 1. The predicted octanol–water partition coefficient (Wildman–Crippen LogP) is 2.45. The third-order valence-corrected chi connectivity index (χ3v) is 5.36. The summed E-state index contributed by atoms with van der Waals surface area (Å²) in [6.45, 7) is 1.98. The topological polar surface area (TPSA) is 109 Å². The summed E-state index contributed by atoms with van der Waals surface area (Å²) in [4.78, 5) is 12.4. The molecule has 0 amide bonds. The molecule has 0 saturated carbocycles. The van der Waals surface area contributed by atoms with E-state index in [9.17, 15) is 12.8 Å². The average Bonchev–Trinajstić information content (AvgIpc) is 2.66. The van der Waals surface area contributed by atoms with E-state index >= 15 is 0 Å². The highest BCUT2D eigenvalue weighted by Crippen LogP contribution is 2.16. The van der Waals surface area contributed by atoms with Crippen LogP contribution in [0, 0.1) is 12.7 Å². The summed E-state index contributed by atoms with van der Waals surface area (Å²) >= 11 is 0. The highest BCUT2D eigenvalue weighted by Gasteiger charge is 2.16. The third kappa shape index (κ3) is 5.21. The quantitative estimate of drug-likeness (QED) is 0.497. The lowest BCUT2D eigenvalue weighted by molar-refractivity contribution is 0.581. The van der Waals surface area contributed by atoms with Crippen LogP contribution >= 0.6 is 0 Å². The van der Waals surface area contributed by atoms with Crippen molar-refractivity contribution in [2.75, 3.05) is 23.7 Å². The van der Waals surface area contributed by atoms with Crippen LogP contribution in [0.4, 0.5) is 21.8 Å². The second-order valence-electron chi connectivity index (χ2n) is 5.86. The van der Waals surface area contributed by atoms with Crippen molar-refractivity contribution < 1.29 is 12.8 Å². The van der Waals surface area contributed by atoms with Crippen molar-refractivity contribution in [2.45, 2.75) is 11.8 Å². The number of nitrogens with one attached hydrogen (secondary N) is 3. The van der Waals surface area contributed by atoms with Gasteiger partial charge < -0.3 is 10.6 Å². The molecular formula is C18H19FN6O2S. The Morgan fingerprint density at radius 3 is 2.54 bits per heavy atom. The summed E-state index contributed by atoms with van der Waals surface area (Å²) in [6.07, 6.45) is 3.05. The zero-order valence-corrected chi connectivity index (χ0v) is 15.9. The van der Waals surface area contributed by atoms with Crippen molar-refractivity contribution in [3.8, 4) is 0 Å². The molecule has 2 heterocycles. The van der Waals surface area contributed by atoms with Gasteiger partial charge in [0.05, 0.1) is 4.90 Å². The summed E-state index contributed by atoms with van der Waals surface area (Å²) in [7, 11) is -3.72. The molecule has 2 aromatic heterocycles. The minimum atomic E-state index is -3.72. The maximum atomic E-state index is 13.2. The van der Waals surface area contributed by atoms with Gasteiger partial charge in [-0.15, -0.1) is 0 Å². The summed E-state index contributed by atoms with van der Waals surface area (Å²) in [5.41, 5.74) is 0.349. The zero-order chi connectivity index (χ0) is 20.0. The van der Waals surface area contributed by atoms with E-state index in [2.05, 4.69) is 30.3 Å². The van der Waals surface area contributed by atoms with E-state index in [0.29, 0.717) is 29.6 Å². The highest BCUT2D eigenvalue weighted by molar-refractivity contribution is 7.89. The van der Waals surface area contributed by atoms with Gasteiger partial charge in [0, 0.05) is 25.4 Å².